The summed E-state index contributed by atoms with van der Waals surface area (Å²) in [4.78, 5) is 17.9. The first-order chi connectivity index (χ1) is 17.5. The van der Waals surface area contributed by atoms with Crippen molar-refractivity contribution >= 4 is 27.4 Å². The minimum absolute atomic E-state index is 0.0383. The molecule has 3 N–H and O–H groups in total. The van der Waals surface area contributed by atoms with E-state index in [0.717, 1.165) is 17.4 Å². The third kappa shape index (κ3) is 4.64. The van der Waals surface area contributed by atoms with Crippen molar-refractivity contribution in [3.8, 4) is 22.3 Å². The van der Waals surface area contributed by atoms with Crippen LogP contribution in [0.5, 0.6) is 0 Å². The number of nitrogens with zero attached hydrogens (tertiary/aromatic N) is 3. The molecule has 2 aliphatic rings. The Hall–Kier alpha value is -3.57. The van der Waals surface area contributed by atoms with E-state index in [1.165, 1.54) is 29.7 Å². The number of nitrogen functional groups attached to an aromatic ring is 1. The third-order valence-corrected chi connectivity index (χ3v) is 8.52. The number of halogens is 2. The van der Waals surface area contributed by atoms with Crippen molar-refractivity contribution in [3.05, 3.63) is 65.4 Å². The minimum atomic E-state index is -3.39. The maximum absolute atomic E-state index is 15.3. The molecular formula is C26H27F2N5O3S. The van der Waals surface area contributed by atoms with Gasteiger partial charge in [0.2, 0.25) is 10.0 Å². The van der Waals surface area contributed by atoms with Crippen molar-refractivity contribution in [3.63, 3.8) is 0 Å². The number of carbonyl (C=O) groups is 1. The molecule has 0 radical (unpaired) electrons. The monoisotopic (exact) mass is 527 g/mol. The zero-order chi connectivity index (χ0) is 26.5. The number of hydrogen-bond donors (Lipinski definition) is 2. The number of nitrogens with one attached hydrogen (secondary N) is 1. The summed E-state index contributed by atoms with van der Waals surface area (Å²) in [6.07, 6.45) is 3.72. The van der Waals surface area contributed by atoms with Gasteiger partial charge < -0.3 is 16.0 Å². The van der Waals surface area contributed by atoms with Crippen LogP contribution in [0.25, 0.3) is 22.3 Å². The van der Waals surface area contributed by atoms with Gasteiger partial charge in [-0.05, 0) is 48.2 Å². The van der Waals surface area contributed by atoms with Crippen LogP contribution in [0.3, 0.4) is 0 Å². The summed E-state index contributed by atoms with van der Waals surface area (Å²) in [5.74, 6) is -1.91. The number of pyridine rings is 1. The molecule has 8 nitrogen and oxygen atoms in total. The third-order valence-electron chi connectivity index (χ3n) is 7.17. The molecule has 1 amide bonds. The zero-order valence-electron chi connectivity index (χ0n) is 20.5. The summed E-state index contributed by atoms with van der Waals surface area (Å²) in [7, 11) is -1.90. The van der Waals surface area contributed by atoms with Crippen molar-refractivity contribution in [2.45, 2.75) is 18.9 Å². The highest BCUT2D eigenvalue weighted by atomic mass is 32.2. The van der Waals surface area contributed by atoms with E-state index in [-0.39, 0.29) is 35.6 Å². The molecule has 0 aliphatic carbocycles. The van der Waals surface area contributed by atoms with Gasteiger partial charge in [0.25, 0.3) is 5.91 Å². The molecule has 3 aromatic rings. The first-order valence-electron chi connectivity index (χ1n) is 11.9. The molecule has 0 unspecified atom stereocenters. The van der Waals surface area contributed by atoms with Crippen LogP contribution in [0.1, 0.15) is 22.3 Å². The molecular weight excluding hydrogens is 500 g/mol. The van der Waals surface area contributed by atoms with E-state index < -0.39 is 21.7 Å². The number of fused-ring (bicyclic) bond motifs is 1. The van der Waals surface area contributed by atoms with E-state index in [0.29, 0.717) is 42.6 Å². The van der Waals surface area contributed by atoms with E-state index in [1.54, 1.807) is 23.1 Å². The Bertz CT molecular complexity index is 1510. The predicted octanol–water partition coefficient (Wildman–Crippen LogP) is 3.03. The summed E-state index contributed by atoms with van der Waals surface area (Å²) in [6.45, 7) is 1.22. The maximum atomic E-state index is 15.3. The summed E-state index contributed by atoms with van der Waals surface area (Å²) in [6, 6.07) is 9.71. The van der Waals surface area contributed by atoms with Crippen molar-refractivity contribution < 1.29 is 22.0 Å². The average Bonchev–Trinajstić information content (AvgIpc) is 3.35. The Morgan fingerprint density at radius 2 is 1.84 bits per heavy atom. The number of sulfonamides is 1. The molecule has 1 fully saturated rings. The molecule has 0 spiro atoms. The van der Waals surface area contributed by atoms with Gasteiger partial charge in [0, 0.05) is 61.2 Å². The molecule has 11 heteroatoms. The summed E-state index contributed by atoms with van der Waals surface area (Å²) in [5.41, 5.74) is 9.40. The van der Waals surface area contributed by atoms with Crippen LogP contribution in [0, 0.1) is 11.6 Å². The number of anilines is 2. The lowest BCUT2D eigenvalue weighted by Crippen LogP contribution is -2.38. The number of likely N-dealkylation sites (N-methyl/N-ethyl adjacent to an activating group) is 1. The Morgan fingerprint density at radius 3 is 2.59 bits per heavy atom. The molecule has 1 atom stereocenters. The second-order valence-electron chi connectivity index (χ2n) is 9.46. The number of nitrogens with two attached hydrogens (primary N) is 1. The average molecular weight is 528 g/mol. The lowest BCUT2D eigenvalue weighted by Gasteiger charge is -2.24. The predicted molar refractivity (Wildman–Crippen MR) is 139 cm³/mol. The topological polar surface area (TPSA) is 109 Å². The zero-order valence-corrected chi connectivity index (χ0v) is 21.3. The number of hydrogen-bond acceptors (Lipinski definition) is 6. The highest BCUT2D eigenvalue weighted by Crippen LogP contribution is 2.36. The number of benzene rings is 2. The first-order valence-corrected chi connectivity index (χ1v) is 13.7. The highest BCUT2D eigenvalue weighted by molar-refractivity contribution is 7.88. The standard InChI is InChI=1S/C26H27F2N5O3S/c1-32(37(2,35)36)18-8-10-33(14-18)22-6-5-19(23(27)24(22)28)17-12-21(25(29)31-13-17)15-3-4-20-16(11-15)7-9-30-26(20)34/h3-6,11-13,18H,7-10,14H2,1-2H3,(H2,29,31)(H,30,34)/t18-/m0/s1. The van der Waals surface area contributed by atoms with Crippen molar-refractivity contribution in [2.75, 3.05) is 43.6 Å². The molecule has 1 saturated heterocycles. The Morgan fingerprint density at radius 1 is 1.08 bits per heavy atom. The van der Waals surface area contributed by atoms with Crippen LogP contribution in [0.15, 0.2) is 42.6 Å². The molecule has 0 saturated carbocycles. The first kappa shape index (κ1) is 25.1. The minimum Gasteiger partial charge on any atom is -0.383 e. The number of aromatic nitrogens is 1. The van der Waals surface area contributed by atoms with E-state index >= 15 is 8.78 Å². The van der Waals surface area contributed by atoms with Crippen LogP contribution in [-0.2, 0) is 16.4 Å². The van der Waals surface area contributed by atoms with Crippen LogP contribution in [0.4, 0.5) is 20.3 Å². The van der Waals surface area contributed by atoms with E-state index in [1.807, 2.05) is 6.07 Å². The van der Waals surface area contributed by atoms with Crippen LogP contribution in [0.2, 0.25) is 0 Å². The fraction of sp³-hybridized carbons (Fsp3) is 0.308. The van der Waals surface area contributed by atoms with Gasteiger partial charge in [-0.25, -0.2) is 26.5 Å². The Kier molecular flexibility index (Phi) is 6.36. The van der Waals surface area contributed by atoms with Crippen LogP contribution >= 0.6 is 0 Å². The van der Waals surface area contributed by atoms with Gasteiger partial charge >= 0.3 is 0 Å². The molecule has 2 aromatic carbocycles. The van der Waals surface area contributed by atoms with Crippen LogP contribution in [-0.4, -0.2) is 62.6 Å². The van der Waals surface area contributed by atoms with Gasteiger partial charge in [0.05, 0.1) is 11.9 Å². The molecule has 37 heavy (non-hydrogen) atoms. The van der Waals surface area contributed by atoms with Gasteiger partial charge in [0.15, 0.2) is 11.6 Å². The van der Waals surface area contributed by atoms with Gasteiger partial charge in [-0.3, -0.25) is 4.79 Å². The molecule has 2 aliphatic heterocycles. The fourth-order valence-corrected chi connectivity index (χ4v) is 5.70. The molecule has 1 aromatic heterocycles. The largest absolute Gasteiger partial charge is 0.383 e. The maximum Gasteiger partial charge on any atom is 0.251 e. The highest BCUT2D eigenvalue weighted by Gasteiger charge is 2.32. The molecule has 5 rings (SSSR count). The second kappa shape index (κ2) is 9.38. The SMILES string of the molecule is CN([C@H]1CCN(c2ccc(-c3cnc(N)c(-c4ccc5c(c4)CCNC5=O)c3)c(F)c2F)C1)S(C)(=O)=O. The van der Waals surface area contributed by atoms with Gasteiger partial charge in [-0.2, -0.15) is 0 Å². The van der Waals surface area contributed by atoms with Crippen molar-refractivity contribution in [2.24, 2.45) is 0 Å². The van der Waals surface area contributed by atoms with Crippen molar-refractivity contribution in [1.29, 1.82) is 0 Å². The summed E-state index contributed by atoms with van der Waals surface area (Å²) >= 11 is 0. The number of amides is 1. The van der Waals surface area contributed by atoms with Crippen LogP contribution < -0.4 is 16.0 Å². The van der Waals surface area contributed by atoms with Gasteiger partial charge in [-0.15, -0.1) is 0 Å². The van der Waals surface area contributed by atoms with E-state index in [9.17, 15) is 13.2 Å². The van der Waals surface area contributed by atoms with Crippen molar-refractivity contribution in [1.82, 2.24) is 14.6 Å². The molecule has 0 bridgehead atoms. The quantitative estimate of drug-likeness (QED) is 0.528. The smallest absolute Gasteiger partial charge is 0.251 e. The summed E-state index contributed by atoms with van der Waals surface area (Å²) < 4.78 is 55.6. The van der Waals surface area contributed by atoms with Gasteiger partial charge in [-0.1, -0.05) is 12.1 Å². The second-order valence-corrected chi connectivity index (χ2v) is 11.5. The number of carbonyl (C=O) groups excluding carboxylic acids is 1. The lowest BCUT2D eigenvalue weighted by molar-refractivity contribution is 0.0946. The van der Waals surface area contributed by atoms with Gasteiger partial charge in [0.1, 0.15) is 5.82 Å². The summed E-state index contributed by atoms with van der Waals surface area (Å²) in [5, 5.41) is 2.80. The van der Waals surface area contributed by atoms with E-state index in [4.69, 9.17) is 5.73 Å². The van der Waals surface area contributed by atoms with E-state index in [2.05, 4.69) is 10.3 Å². The molecule has 194 valence electrons. The fourth-order valence-electron chi connectivity index (χ4n) is 4.98. The normalized spacial score (nSPS) is 17.7. The Labute approximate surface area is 214 Å². The number of rotatable bonds is 5. The molecule has 3 heterocycles. The Balaban J connectivity index is 1.45. The lowest BCUT2D eigenvalue weighted by atomic mass is 9.94.